The molecule has 1 aromatic rings. The van der Waals surface area contributed by atoms with Crippen LogP contribution < -0.4 is 15.6 Å². The van der Waals surface area contributed by atoms with Crippen LogP contribution in [0.4, 0.5) is 5.69 Å². The van der Waals surface area contributed by atoms with E-state index in [1.165, 1.54) is 5.69 Å². The molecule has 0 unspecified atom stereocenters. The number of hydrogen-bond donors (Lipinski definition) is 2. The maximum atomic E-state index is 5.33. The number of ether oxygens (including phenoxy) is 1. The van der Waals surface area contributed by atoms with E-state index in [-0.39, 0.29) is 0 Å². The van der Waals surface area contributed by atoms with Gasteiger partial charge in [0.1, 0.15) is 0 Å². The first-order valence-corrected chi connectivity index (χ1v) is 9.35. The lowest BCUT2D eigenvalue weighted by molar-refractivity contribution is 0.0389. The van der Waals surface area contributed by atoms with Crippen LogP contribution in [0.5, 0.6) is 0 Å². The Morgan fingerprint density at radius 3 is 2.56 bits per heavy atom. The minimum atomic E-state index is 0.546. The standard InChI is InChI=1S/C18H29N5OS/c1-3-23(4-2)17-7-5-16(6-8-17)15-20-21-18(25)19-9-10-22-11-13-24-14-12-22/h5-8,15H,3-4,9-14H2,1-2H3,(H2,19,21,25)/b20-15-. The van der Waals surface area contributed by atoms with Crippen LogP contribution in [0.2, 0.25) is 0 Å². The molecule has 6 nitrogen and oxygen atoms in total. The molecular formula is C18H29N5OS. The van der Waals surface area contributed by atoms with Crippen molar-refractivity contribution in [2.45, 2.75) is 13.8 Å². The highest BCUT2D eigenvalue weighted by Crippen LogP contribution is 2.13. The van der Waals surface area contributed by atoms with Gasteiger partial charge in [0.15, 0.2) is 5.11 Å². The van der Waals surface area contributed by atoms with Gasteiger partial charge in [0.25, 0.3) is 0 Å². The average molecular weight is 364 g/mol. The van der Waals surface area contributed by atoms with Gasteiger partial charge >= 0.3 is 0 Å². The molecule has 0 aliphatic carbocycles. The van der Waals surface area contributed by atoms with Crippen LogP contribution in [-0.4, -0.2) is 68.7 Å². The Morgan fingerprint density at radius 2 is 1.92 bits per heavy atom. The van der Waals surface area contributed by atoms with Crippen molar-refractivity contribution in [2.75, 3.05) is 57.4 Å². The van der Waals surface area contributed by atoms with E-state index in [1.807, 2.05) is 0 Å². The molecule has 0 aromatic heterocycles. The molecule has 0 amide bonds. The molecule has 2 N–H and O–H groups in total. The quantitative estimate of drug-likeness (QED) is 0.416. The zero-order valence-corrected chi connectivity index (χ0v) is 16.0. The summed E-state index contributed by atoms with van der Waals surface area (Å²) in [5, 5.41) is 7.91. The molecule has 1 saturated heterocycles. The summed E-state index contributed by atoms with van der Waals surface area (Å²) >= 11 is 5.24. The van der Waals surface area contributed by atoms with Crippen LogP contribution in [-0.2, 0) is 4.74 Å². The second-order valence-corrected chi connectivity index (χ2v) is 6.25. The van der Waals surface area contributed by atoms with Crippen molar-refractivity contribution in [3.05, 3.63) is 29.8 Å². The van der Waals surface area contributed by atoms with E-state index in [9.17, 15) is 0 Å². The number of benzene rings is 1. The summed E-state index contributed by atoms with van der Waals surface area (Å²) in [6.45, 7) is 11.7. The third kappa shape index (κ3) is 6.97. The lowest BCUT2D eigenvalue weighted by atomic mass is 10.2. The van der Waals surface area contributed by atoms with Gasteiger partial charge in [-0.25, -0.2) is 0 Å². The Labute approximate surface area is 156 Å². The summed E-state index contributed by atoms with van der Waals surface area (Å²) in [6, 6.07) is 8.36. The highest BCUT2D eigenvalue weighted by molar-refractivity contribution is 7.80. The largest absolute Gasteiger partial charge is 0.379 e. The van der Waals surface area contributed by atoms with E-state index >= 15 is 0 Å². The summed E-state index contributed by atoms with van der Waals surface area (Å²) in [5.41, 5.74) is 5.14. The SMILES string of the molecule is CCN(CC)c1ccc(/C=N\NC(=S)NCCN2CCOCC2)cc1. The minimum Gasteiger partial charge on any atom is -0.379 e. The number of nitrogens with zero attached hydrogens (tertiary/aromatic N) is 3. The third-order valence-electron chi connectivity index (χ3n) is 4.22. The summed E-state index contributed by atoms with van der Waals surface area (Å²) in [4.78, 5) is 4.67. The van der Waals surface area contributed by atoms with E-state index < -0.39 is 0 Å². The molecule has 0 atom stereocenters. The lowest BCUT2D eigenvalue weighted by Crippen LogP contribution is -2.42. The van der Waals surface area contributed by atoms with Gasteiger partial charge in [0.2, 0.25) is 0 Å². The van der Waals surface area contributed by atoms with Gasteiger partial charge in [-0.15, -0.1) is 0 Å². The van der Waals surface area contributed by atoms with Crippen molar-refractivity contribution in [1.29, 1.82) is 0 Å². The first kappa shape index (κ1) is 19.6. The lowest BCUT2D eigenvalue weighted by Gasteiger charge is -2.26. The Bertz CT molecular complexity index is 539. The molecule has 0 radical (unpaired) electrons. The van der Waals surface area contributed by atoms with Crippen molar-refractivity contribution in [2.24, 2.45) is 5.10 Å². The van der Waals surface area contributed by atoms with Crippen LogP contribution in [0, 0.1) is 0 Å². The predicted octanol–water partition coefficient (Wildman–Crippen LogP) is 1.66. The van der Waals surface area contributed by atoms with Crippen molar-refractivity contribution in [1.82, 2.24) is 15.6 Å². The van der Waals surface area contributed by atoms with Gasteiger partial charge in [-0.05, 0) is 43.8 Å². The first-order chi connectivity index (χ1) is 12.2. The van der Waals surface area contributed by atoms with E-state index in [0.29, 0.717) is 5.11 Å². The van der Waals surface area contributed by atoms with Crippen molar-refractivity contribution in [3.8, 4) is 0 Å². The number of thiocarbonyl (C=S) groups is 1. The highest BCUT2D eigenvalue weighted by atomic mass is 32.1. The van der Waals surface area contributed by atoms with Crippen LogP contribution >= 0.6 is 12.2 Å². The molecule has 1 aliphatic heterocycles. The molecule has 0 saturated carbocycles. The van der Waals surface area contributed by atoms with E-state index in [0.717, 1.165) is 58.0 Å². The second-order valence-electron chi connectivity index (χ2n) is 5.84. The Kier molecular flexibility index (Phi) is 8.65. The smallest absolute Gasteiger partial charge is 0.187 e. The van der Waals surface area contributed by atoms with Crippen LogP contribution in [0.25, 0.3) is 0 Å². The molecule has 0 spiro atoms. The van der Waals surface area contributed by atoms with Gasteiger partial charge in [-0.1, -0.05) is 12.1 Å². The Morgan fingerprint density at radius 1 is 1.24 bits per heavy atom. The van der Waals surface area contributed by atoms with Gasteiger partial charge in [0, 0.05) is 45.0 Å². The van der Waals surface area contributed by atoms with E-state index in [4.69, 9.17) is 17.0 Å². The van der Waals surface area contributed by atoms with Gasteiger partial charge < -0.3 is 15.0 Å². The van der Waals surface area contributed by atoms with Crippen molar-refractivity contribution < 1.29 is 4.74 Å². The molecule has 1 fully saturated rings. The molecule has 138 valence electrons. The number of morpholine rings is 1. The Balaban J connectivity index is 1.68. The van der Waals surface area contributed by atoms with Gasteiger partial charge in [0.05, 0.1) is 19.4 Å². The van der Waals surface area contributed by atoms with Gasteiger partial charge in [-0.2, -0.15) is 5.10 Å². The normalized spacial score (nSPS) is 15.3. The van der Waals surface area contributed by atoms with Crippen molar-refractivity contribution >= 4 is 29.2 Å². The maximum Gasteiger partial charge on any atom is 0.187 e. The third-order valence-corrected chi connectivity index (χ3v) is 4.45. The average Bonchev–Trinajstić information content (AvgIpc) is 2.65. The summed E-state index contributed by atoms with van der Waals surface area (Å²) in [6.07, 6.45) is 1.78. The van der Waals surface area contributed by atoms with Crippen LogP contribution in [0.1, 0.15) is 19.4 Å². The number of rotatable bonds is 8. The summed E-state index contributed by atoms with van der Waals surface area (Å²) in [5.74, 6) is 0. The van der Waals surface area contributed by atoms with E-state index in [1.54, 1.807) is 6.21 Å². The first-order valence-electron chi connectivity index (χ1n) is 8.95. The summed E-state index contributed by atoms with van der Waals surface area (Å²) in [7, 11) is 0. The fourth-order valence-electron chi connectivity index (χ4n) is 2.72. The molecule has 1 aliphatic rings. The second kappa shape index (κ2) is 11.0. The van der Waals surface area contributed by atoms with Crippen LogP contribution in [0.3, 0.4) is 0 Å². The molecule has 1 aromatic carbocycles. The van der Waals surface area contributed by atoms with Gasteiger partial charge in [-0.3, -0.25) is 10.3 Å². The molecule has 1 heterocycles. The Hall–Kier alpha value is -1.70. The molecule has 0 bridgehead atoms. The van der Waals surface area contributed by atoms with E-state index in [2.05, 4.69) is 63.8 Å². The maximum absolute atomic E-state index is 5.33. The molecule has 2 rings (SSSR count). The molecule has 7 heteroatoms. The number of hydrogen-bond acceptors (Lipinski definition) is 5. The number of nitrogens with one attached hydrogen (secondary N) is 2. The zero-order valence-electron chi connectivity index (χ0n) is 15.2. The fraction of sp³-hybridized carbons (Fsp3) is 0.556. The monoisotopic (exact) mass is 363 g/mol. The number of hydrazone groups is 1. The molecular weight excluding hydrogens is 334 g/mol. The number of anilines is 1. The molecule has 25 heavy (non-hydrogen) atoms. The highest BCUT2D eigenvalue weighted by Gasteiger charge is 2.09. The van der Waals surface area contributed by atoms with Crippen molar-refractivity contribution in [3.63, 3.8) is 0 Å². The topological polar surface area (TPSA) is 52.1 Å². The zero-order chi connectivity index (χ0) is 17.9. The minimum absolute atomic E-state index is 0.546. The predicted molar refractivity (Wildman–Crippen MR) is 109 cm³/mol. The fourth-order valence-corrected chi connectivity index (χ4v) is 2.87. The van der Waals surface area contributed by atoms with Crippen LogP contribution in [0.15, 0.2) is 29.4 Å². The summed E-state index contributed by atoms with van der Waals surface area (Å²) < 4.78 is 5.33.